The number of carbonyl (C=O) groups is 2. The van der Waals surface area contributed by atoms with Crippen molar-refractivity contribution in [2.75, 3.05) is 12.4 Å². The van der Waals surface area contributed by atoms with E-state index < -0.39 is 41.3 Å². The van der Waals surface area contributed by atoms with Crippen molar-refractivity contribution >= 4 is 22.7 Å². The van der Waals surface area contributed by atoms with Gasteiger partial charge in [0.25, 0.3) is 0 Å². The summed E-state index contributed by atoms with van der Waals surface area (Å²) in [5.74, 6) is 3.71. The Morgan fingerprint density at radius 3 is 2.74 bits per heavy atom. The van der Waals surface area contributed by atoms with Crippen molar-refractivity contribution in [3.63, 3.8) is 0 Å². The van der Waals surface area contributed by atoms with Gasteiger partial charge < -0.3 is 5.73 Å². The van der Waals surface area contributed by atoms with Gasteiger partial charge in [-0.05, 0) is 61.7 Å². The number of halogens is 3. The first kappa shape index (κ1) is 22.7. The van der Waals surface area contributed by atoms with Gasteiger partial charge in [-0.15, -0.1) is 0 Å². The highest BCUT2D eigenvalue weighted by atomic mass is 32.2. The number of thioether (sulfide) groups is 1. The molecule has 4 aliphatic carbocycles. The van der Waals surface area contributed by atoms with Gasteiger partial charge in [0.1, 0.15) is 18.5 Å². The van der Waals surface area contributed by atoms with Gasteiger partial charge in [0.2, 0.25) is 0 Å². The van der Waals surface area contributed by atoms with E-state index >= 15 is 8.78 Å². The van der Waals surface area contributed by atoms with E-state index in [2.05, 4.69) is 11.8 Å². The molecular weight excluding hydrogens is 423 g/mol. The van der Waals surface area contributed by atoms with Crippen LogP contribution in [-0.2, 0) is 9.59 Å². The maximum Gasteiger partial charge on any atom is 0.193 e. The molecule has 0 radical (unpaired) electrons. The van der Waals surface area contributed by atoms with Crippen LogP contribution in [-0.4, -0.2) is 41.2 Å². The predicted molar refractivity (Wildman–Crippen MR) is 115 cm³/mol. The number of alkyl halides is 3. The molecular formula is C24H28F3NO2S. The number of rotatable bonds is 2. The third-order valence-electron chi connectivity index (χ3n) is 8.47. The van der Waals surface area contributed by atoms with E-state index in [9.17, 15) is 14.0 Å². The van der Waals surface area contributed by atoms with Crippen LogP contribution in [0.25, 0.3) is 0 Å². The van der Waals surface area contributed by atoms with Gasteiger partial charge in [0.05, 0.1) is 5.75 Å². The second kappa shape index (κ2) is 7.81. The van der Waals surface area contributed by atoms with E-state index in [-0.39, 0.29) is 40.5 Å². The monoisotopic (exact) mass is 451 g/mol. The summed E-state index contributed by atoms with van der Waals surface area (Å²) in [7, 11) is 0. The molecule has 4 aliphatic rings. The third kappa shape index (κ3) is 3.16. The number of fused-ring (bicyclic) bond motifs is 5. The zero-order valence-electron chi connectivity index (χ0n) is 17.8. The first-order valence-electron chi connectivity index (χ1n) is 10.8. The van der Waals surface area contributed by atoms with Crippen LogP contribution in [0.4, 0.5) is 13.2 Å². The lowest BCUT2D eigenvalue weighted by Crippen LogP contribution is -2.70. The average Bonchev–Trinajstić information content (AvgIpc) is 3.05. The lowest BCUT2D eigenvalue weighted by Gasteiger charge is -2.62. The lowest BCUT2D eigenvalue weighted by atomic mass is 9.44. The van der Waals surface area contributed by atoms with Gasteiger partial charge in [0, 0.05) is 23.3 Å². The number of hydrogen-bond acceptors (Lipinski definition) is 4. The summed E-state index contributed by atoms with van der Waals surface area (Å²) in [5, 5.41) is -0.0284. The van der Waals surface area contributed by atoms with Crippen molar-refractivity contribution in [3.05, 3.63) is 23.8 Å². The standard InChI is InChI=1S/C24H28F3NO2S/c1-22-13-20(28)24(27)17(12-19(26)18-11-14(29)7-8-23(18,24)2)15(22)5-6-16(22)21(30)31-10-4-3-9-25/h7-8,11,15-17,19-20H,5-6,9-10,12-13,28H2,1-2H3/t15?,16?,17?,19-,20?,22?,23?,24-/m0/s1. The van der Waals surface area contributed by atoms with Crippen LogP contribution in [0.2, 0.25) is 0 Å². The molecule has 3 nitrogen and oxygen atoms in total. The van der Waals surface area contributed by atoms with Crippen molar-refractivity contribution in [1.29, 1.82) is 0 Å². The Morgan fingerprint density at radius 1 is 1.29 bits per heavy atom. The van der Waals surface area contributed by atoms with Crippen molar-refractivity contribution in [3.8, 4) is 11.8 Å². The quantitative estimate of drug-likeness (QED) is 0.642. The minimum absolute atomic E-state index is 0.0248. The van der Waals surface area contributed by atoms with Gasteiger partial charge in [-0.1, -0.05) is 36.6 Å². The molecule has 4 rings (SSSR count). The maximum absolute atomic E-state index is 17.0. The molecule has 168 valence electrons. The van der Waals surface area contributed by atoms with E-state index in [0.29, 0.717) is 19.3 Å². The molecule has 31 heavy (non-hydrogen) atoms. The van der Waals surface area contributed by atoms with E-state index in [0.717, 1.165) is 11.8 Å². The van der Waals surface area contributed by atoms with E-state index in [4.69, 9.17) is 5.73 Å². The molecule has 0 aromatic carbocycles. The highest BCUT2D eigenvalue weighted by Crippen LogP contribution is 2.69. The molecule has 0 spiro atoms. The molecule has 6 unspecified atom stereocenters. The van der Waals surface area contributed by atoms with Gasteiger partial charge >= 0.3 is 0 Å². The normalized spacial score (nSPS) is 45.7. The summed E-state index contributed by atoms with van der Waals surface area (Å²) in [6.07, 6.45) is 4.17. The summed E-state index contributed by atoms with van der Waals surface area (Å²) < 4.78 is 44.5. The topological polar surface area (TPSA) is 60.2 Å². The molecule has 3 saturated carbocycles. The molecule has 0 heterocycles. The first-order valence-corrected chi connectivity index (χ1v) is 11.8. The SMILES string of the molecule is CC12CC(N)[C@@]3(F)C(C[C@H](F)C4=CC(=O)C=CC43C)C1CCC2C(=O)SCC#CCF. The summed E-state index contributed by atoms with van der Waals surface area (Å²) in [5.41, 5.74) is 3.01. The molecule has 0 saturated heterocycles. The molecule has 7 heteroatoms. The van der Waals surface area contributed by atoms with E-state index in [1.807, 2.05) is 6.92 Å². The Hall–Kier alpha value is -1.52. The Labute approximate surface area is 185 Å². The van der Waals surface area contributed by atoms with Crippen LogP contribution in [0.1, 0.15) is 39.5 Å². The fraction of sp³-hybridized carbons (Fsp3) is 0.667. The third-order valence-corrected chi connectivity index (χ3v) is 9.33. The average molecular weight is 452 g/mol. The van der Waals surface area contributed by atoms with Gasteiger partial charge in [-0.2, -0.15) is 0 Å². The molecule has 0 bridgehead atoms. The minimum Gasteiger partial charge on any atom is -0.325 e. The van der Waals surface area contributed by atoms with Crippen molar-refractivity contribution in [2.24, 2.45) is 34.3 Å². The molecule has 0 amide bonds. The fourth-order valence-corrected chi connectivity index (χ4v) is 7.92. The van der Waals surface area contributed by atoms with Crippen LogP contribution < -0.4 is 5.73 Å². The fourth-order valence-electron chi connectivity index (χ4n) is 7.02. The summed E-state index contributed by atoms with van der Waals surface area (Å²) in [6.45, 7) is 2.90. The van der Waals surface area contributed by atoms with Crippen LogP contribution in [0.5, 0.6) is 0 Å². The van der Waals surface area contributed by atoms with E-state index in [1.54, 1.807) is 6.92 Å². The highest BCUT2D eigenvalue weighted by molar-refractivity contribution is 8.13. The van der Waals surface area contributed by atoms with Crippen LogP contribution >= 0.6 is 11.8 Å². The van der Waals surface area contributed by atoms with Gasteiger partial charge in [0.15, 0.2) is 10.9 Å². The Morgan fingerprint density at radius 2 is 2.03 bits per heavy atom. The number of nitrogens with two attached hydrogens (primary N) is 1. The van der Waals surface area contributed by atoms with Gasteiger partial charge in [-0.3, -0.25) is 9.59 Å². The number of hydrogen-bond donors (Lipinski definition) is 1. The van der Waals surface area contributed by atoms with Crippen molar-refractivity contribution in [1.82, 2.24) is 0 Å². The zero-order valence-corrected chi connectivity index (χ0v) is 18.6. The molecule has 3 fully saturated rings. The minimum atomic E-state index is -1.89. The zero-order chi connectivity index (χ0) is 22.6. The Bertz CT molecular complexity index is 924. The summed E-state index contributed by atoms with van der Waals surface area (Å²) in [6, 6.07) is -0.887. The molecule has 0 aromatic heterocycles. The van der Waals surface area contributed by atoms with Crippen LogP contribution in [0, 0.1) is 40.4 Å². The van der Waals surface area contributed by atoms with Gasteiger partial charge in [-0.25, -0.2) is 13.2 Å². The van der Waals surface area contributed by atoms with E-state index in [1.165, 1.54) is 18.2 Å². The largest absolute Gasteiger partial charge is 0.325 e. The second-order valence-electron chi connectivity index (χ2n) is 9.76. The molecule has 2 N–H and O–H groups in total. The van der Waals surface area contributed by atoms with Crippen LogP contribution in [0.3, 0.4) is 0 Å². The highest BCUT2D eigenvalue weighted by Gasteiger charge is 2.71. The second-order valence-corrected chi connectivity index (χ2v) is 10.7. The van der Waals surface area contributed by atoms with Crippen molar-refractivity contribution < 1.29 is 22.8 Å². The smallest absolute Gasteiger partial charge is 0.193 e. The molecule has 8 atom stereocenters. The summed E-state index contributed by atoms with van der Waals surface area (Å²) in [4.78, 5) is 24.8. The number of allylic oxidation sites excluding steroid dienone is 4. The van der Waals surface area contributed by atoms with Crippen LogP contribution in [0.15, 0.2) is 23.8 Å². The maximum atomic E-state index is 17.0. The number of ketones is 1. The number of carbonyl (C=O) groups excluding carboxylic acids is 2. The predicted octanol–water partition coefficient (Wildman–Crippen LogP) is 4.12. The Balaban J connectivity index is 1.66. The Kier molecular flexibility index (Phi) is 5.71. The molecule has 0 aliphatic heterocycles. The molecule has 0 aromatic rings. The summed E-state index contributed by atoms with van der Waals surface area (Å²) >= 11 is 1.07. The lowest BCUT2D eigenvalue weighted by molar-refractivity contribution is -0.152. The first-order chi connectivity index (χ1) is 14.6. The van der Waals surface area contributed by atoms with Crippen molar-refractivity contribution in [2.45, 2.75) is 57.4 Å².